The van der Waals surface area contributed by atoms with E-state index in [9.17, 15) is 0 Å². The molecule has 0 heterocycles. The summed E-state index contributed by atoms with van der Waals surface area (Å²) in [6, 6.07) is 13.7. The molecule has 1 heteroatoms. The van der Waals surface area contributed by atoms with E-state index >= 15 is 0 Å². The van der Waals surface area contributed by atoms with E-state index in [1.54, 1.807) is 0 Å². The molecule has 1 N–H and O–H groups in total. The summed E-state index contributed by atoms with van der Waals surface area (Å²) >= 11 is 0. The van der Waals surface area contributed by atoms with Crippen LogP contribution in [0.4, 0.5) is 0 Å². The number of benzene rings is 2. The van der Waals surface area contributed by atoms with Crippen molar-refractivity contribution in [3.8, 4) is 0 Å². The Labute approximate surface area is 123 Å². The van der Waals surface area contributed by atoms with Gasteiger partial charge in [0.1, 0.15) is 0 Å². The van der Waals surface area contributed by atoms with Crippen molar-refractivity contribution in [3.63, 3.8) is 0 Å². The third-order valence-corrected chi connectivity index (χ3v) is 3.96. The van der Waals surface area contributed by atoms with Crippen LogP contribution in [0.15, 0.2) is 36.4 Å². The zero-order valence-electron chi connectivity index (χ0n) is 13.2. The van der Waals surface area contributed by atoms with Crippen molar-refractivity contribution < 1.29 is 0 Å². The van der Waals surface area contributed by atoms with Crippen molar-refractivity contribution in [3.05, 3.63) is 69.8 Å². The quantitative estimate of drug-likeness (QED) is 0.864. The second-order valence-corrected chi connectivity index (χ2v) is 5.85. The topological polar surface area (TPSA) is 12.0 Å². The molecule has 2 aromatic carbocycles. The number of aryl methyl sites for hydroxylation is 4. The third-order valence-electron chi connectivity index (χ3n) is 3.96. The van der Waals surface area contributed by atoms with Crippen LogP contribution >= 0.6 is 0 Å². The number of likely N-dealkylation sites (N-methyl/N-ethyl adjacent to an activating group) is 1. The van der Waals surface area contributed by atoms with Crippen molar-refractivity contribution in [1.82, 2.24) is 5.32 Å². The minimum absolute atomic E-state index is 0.373. The monoisotopic (exact) mass is 267 g/mol. The lowest BCUT2D eigenvalue weighted by molar-refractivity contribution is 0.585. The zero-order valence-corrected chi connectivity index (χ0v) is 13.2. The zero-order chi connectivity index (χ0) is 14.7. The van der Waals surface area contributed by atoms with Gasteiger partial charge in [-0.2, -0.15) is 0 Å². The van der Waals surface area contributed by atoms with Gasteiger partial charge in [-0.3, -0.25) is 0 Å². The summed E-state index contributed by atoms with van der Waals surface area (Å²) < 4.78 is 0. The first kappa shape index (κ1) is 14.8. The third kappa shape index (κ3) is 3.29. The molecule has 0 aromatic heterocycles. The van der Waals surface area contributed by atoms with Crippen LogP contribution < -0.4 is 5.32 Å². The van der Waals surface area contributed by atoms with Crippen LogP contribution in [0.25, 0.3) is 0 Å². The summed E-state index contributed by atoms with van der Waals surface area (Å²) in [5.41, 5.74) is 8.27. The molecule has 0 spiro atoms. The lowest BCUT2D eigenvalue weighted by atomic mass is 9.91. The predicted molar refractivity (Wildman–Crippen MR) is 87.3 cm³/mol. The molecule has 0 aliphatic heterocycles. The van der Waals surface area contributed by atoms with Gasteiger partial charge in [0.15, 0.2) is 0 Å². The molecule has 20 heavy (non-hydrogen) atoms. The highest BCUT2D eigenvalue weighted by Crippen LogP contribution is 2.25. The SMILES string of the molecule is CNC(Cc1cc(C)cc(C)c1)c1c(C)cccc1C. The molecule has 0 saturated carbocycles. The van der Waals surface area contributed by atoms with Gasteiger partial charge in [0, 0.05) is 6.04 Å². The van der Waals surface area contributed by atoms with Crippen LogP contribution in [0.3, 0.4) is 0 Å². The Morgan fingerprint density at radius 1 is 0.900 bits per heavy atom. The fraction of sp³-hybridized carbons (Fsp3) is 0.368. The lowest BCUT2D eigenvalue weighted by Crippen LogP contribution is -2.21. The normalized spacial score (nSPS) is 12.4. The largest absolute Gasteiger partial charge is 0.313 e. The van der Waals surface area contributed by atoms with E-state index in [-0.39, 0.29) is 0 Å². The molecule has 0 bridgehead atoms. The molecule has 0 fully saturated rings. The fourth-order valence-corrected chi connectivity index (χ4v) is 3.15. The van der Waals surface area contributed by atoms with Crippen molar-refractivity contribution in [2.75, 3.05) is 7.05 Å². The Kier molecular flexibility index (Phi) is 4.61. The van der Waals surface area contributed by atoms with Gasteiger partial charge in [0.2, 0.25) is 0 Å². The molecule has 106 valence electrons. The van der Waals surface area contributed by atoms with Crippen molar-refractivity contribution in [1.29, 1.82) is 0 Å². The maximum atomic E-state index is 3.49. The fourth-order valence-electron chi connectivity index (χ4n) is 3.15. The number of nitrogens with one attached hydrogen (secondary N) is 1. The second-order valence-electron chi connectivity index (χ2n) is 5.85. The molecule has 1 unspecified atom stereocenters. The van der Waals surface area contributed by atoms with Gasteiger partial charge >= 0.3 is 0 Å². The van der Waals surface area contributed by atoms with Crippen LogP contribution in [-0.4, -0.2) is 7.05 Å². The molecule has 0 saturated heterocycles. The minimum atomic E-state index is 0.373. The van der Waals surface area contributed by atoms with Gasteiger partial charge in [-0.25, -0.2) is 0 Å². The van der Waals surface area contributed by atoms with Gasteiger partial charge in [0.25, 0.3) is 0 Å². The molecule has 2 aromatic rings. The highest BCUT2D eigenvalue weighted by molar-refractivity contribution is 5.38. The summed E-state index contributed by atoms with van der Waals surface area (Å²) in [6.07, 6.45) is 1.03. The molecular formula is C19H25N. The maximum Gasteiger partial charge on any atom is 0.0363 e. The molecule has 2 rings (SSSR count). The van der Waals surface area contributed by atoms with Crippen molar-refractivity contribution in [2.24, 2.45) is 0 Å². The average molecular weight is 267 g/mol. The molecule has 1 atom stereocenters. The van der Waals surface area contributed by atoms with Gasteiger partial charge in [-0.05, 0) is 63.4 Å². The summed E-state index contributed by atoms with van der Waals surface area (Å²) in [6.45, 7) is 8.75. The van der Waals surface area contributed by atoms with E-state index in [0.717, 1.165) is 6.42 Å². The Morgan fingerprint density at radius 3 is 1.95 bits per heavy atom. The standard InChI is InChI=1S/C19H25N/c1-13-9-14(2)11-17(10-13)12-18(20-5)19-15(3)7-6-8-16(19)4/h6-11,18,20H,12H2,1-5H3. The van der Waals surface area contributed by atoms with Gasteiger partial charge in [-0.15, -0.1) is 0 Å². The Hall–Kier alpha value is -1.60. The highest BCUT2D eigenvalue weighted by Gasteiger charge is 2.15. The summed E-state index contributed by atoms with van der Waals surface area (Å²) in [7, 11) is 2.05. The molecule has 0 aliphatic carbocycles. The van der Waals surface area contributed by atoms with E-state index < -0.39 is 0 Å². The van der Waals surface area contributed by atoms with E-state index in [4.69, 9.17) is 0 Å². The second kappa shape index (κ2) is 6.23. The number of rotatable bonds is 4. The maximum absolute atomic E-state index is 3.49. The van der Waals surface area contributed by atoms with E-state index in [1.165, 1.54) is 33.4 Å². The Morgan fingerprint density at radius 2 is 1.45 bits per heavy atom. The van der Waals surface area contributed by atoms with E-state index in [0.29, 0.717) is 6.04 Å². The number of hydrogen-bond acceptors (Lipinski definition) is 1. The summed E-state index contributed by atoms with van der Waals surface area (Å²) in [4.78, 5) is 0. The van der Waals surface area contributed by atoms with Crippen LogP contribution in [0.1, 0.15) is 39.4 Å². The lowest BCUT2D eigenvalue weighted by Gasteiger charge is -2.22. The van der Waals surface area contributed by atoms with Crippen LogP contribution in [0.2, 0.25) is 0 Å². The average Bonchev–Trinajstić information content (AvgIpc) is 2.36. The smallest absolute Gasteiger partial charge is 0.0363 e. The predicted octanol–water partition coefficient (Wildman–Crippen LogP) is 4.42. The molecule has 1 nitrogen and oxygen atoms in total. The van der Waals surface area contributed by atoms with Gasteiger partial charge in [-0.1, -0.05) is 47.5 Å². The minimum Gasteiger partial charge on any atom is -0.313 e. The van der Waals surface area contributed by atoms with Gasteiger partial charge < -0.3 is 5.32 Å². The van der Waals surface area contributed by atoms with Crippen LogP contribution in [0.5, 0.6) is 0 Å². The van der Waals surface area contributed by atoms with Gasteiger partial charge in [0.05, 0.1) is 0 Å². The molecule has 0 radical (unpaired) electrons. The highest BCUT2D eigenvalue weighted by atomic mass is 14.9. The van der Waals surface area contributed by atoms with Crippen molar-refractivity contribution in [2.45, 2.75) is 40.2 Å². The molecule has 0 amide bonds. The van der Waals surface area contributed by atoms with Crippen LogP contribution in [-0.2, 0) is 6.42 Å². The Bertz CT molecular complexity index is 558. The molecular weight excluding hydrogens is 242 g/mol. The summed E-state index contributed by atoms with van der Waals surface area (Å²) in [5, 5.41) is 3.49. The van der Waals surface area contributed by atoms with Crippen LogP contribution in [0, 0.1) is 27.7 Å². The molecule has 0 aliphatic rings. The van der Waals surface area contributed by atoms with Crippen molar-refractivity contribution >= 4 is 0 Å². The Balaban J connectivity index is 2.34. The summed E-state index contributed by atoms with van der Waals surface area (Å²) in [5.74, 6) is 0. The van der Waals surface area contributed by atoms with E-state index in [2.05, 4.69) is 76.5 Å². The first-order chi connectivity index (χ1) is 9.51. The van der Waals surface area contributed by atoms with E-state index in [1.807, 2.05) is 0 Å². The number of hydrogen-bond donors (Lipinski definition) is 1. The first-order valence-electron chi connectivity index (χ1n) is 7.32. The first-order valence-corrected chi connectivity index (χ1v) is 7.32.